The SMILES string of the molecule is COCC(=O)O[C@]1(C(=O)CO)CC[C@H]2[C@@H]3C[C@H](C)C4=CC(=O)CC[C@]4(C)[C@H]3[C@@H](O)C[C@@]21C. The Morgan fingerprint density at radius 2 is 1.97 bits per heavy atom. The molecule has 3 fully saturated rings. The van der Waals surface area contributed by atoms with Gasteiger partial charge in [0.15, 0.2) is 11.4 Å². The Morgan fingerprint density at radius 3 is 2.62 bits per heavy atom. The minimum absolute atomic E-state index is 0.00849. The quantitative estimate of drug-likeness (QED) is 0.621. The van der Waals surface area contributed by atoms with Crippen LogP contribution in [-0.2, 0) is 23.9 Å². The summed E-state index contributed by atoms with van der Waals surface area (Å²) in [5.74, 6) is -0.560. The van der Waals surface area contributed by atoms with Gasteiger partial charge >= 0.3 is 5.97 Å². The summed E-state index contributed by atoms with van der Waals surface area (Å²) in [5, 5.41) is 21.3. The molecule has 0 aromatic rings. The van der Waals surface area contributed by atoms with E-state index in [0.717, 1.165) is 18.4 Å². The van der Waals surface area contributed by atoms with E-state index in [2.05, 4.69) is 13.8 Å². The standard InChI is InChI=1S/C25H36O7/c1-14-9-16-17-6-8-25(20(29)12-26,32-21(30)13-31-4)24(17,3)11-19(28)22(16)23(2)7-5-15(27)10-18(14)23/h10,14,16-17,19,22,26,28H,5-9,11-13H2,1-4H3/t14-,16-,17-,19-,22+,23-,24-,25-/m0/s1. The van der Waals surface area contributed by atoms with Crippen molar-refractivity contribution in [2.75, 3.05) is 20.3 Å². The number of aliphatic hydroxyl groups excluding tert-OH is 2. The molecular weight excluding hydrogens is 412 g/mol. The van der Waals surface area contributed by atoms with Crippen molar-refractivity contribution in [3.05, 3.63) is 11.6 Å². The van der Waals surface area contributed by atoms with Gasteiger partial charge in [-0.15, -0.1) is 0 Å². The van der Waals surface area contributed by atoms with Gasteiger partial charge in [-0.05, 0) is 67.3 Å². The van der Waals surface area contributed by atoms with Gasteiger partial charge in [-0.2, -0.15) is 0 Å². The smallest absolute Gasteiger partial charge is 0.333 e. The van der Waals surface area contributed by atoms with Crippen molar-refractivity contribution in [2.45, 2.75) is 71.0 Å². The van der Waals surface area contributed by atoms with Crippen LogP contribution in [0.5, 0.6) is 0 Å². The third kappa shape index (κ3) is 3.15. The van der Waals surface area contributed by atoms with Gasteiger partial charge in [0.05, 0.1) is 6.10 Å². The molecule has 4 aliphatic rings. The highest BCUT2D eigenvalue weighted by Gasteiger charge is 2.70. The highest BCUT2D eigenvalue weighted by atomic mass is 16.6. The van der Waals surface area contributed by atoms with Crippen molar-refractivity contribution < 1.29 is 34.1 Å². The van der Waals surface area contributed by atoms with Crippen LogP contribution in [0.25, 0.3) is 0 Å². The number of carbonyl (C=O) groups is 3. The average Bonchev–Trinajstić information content (AvgIpc) is 3.01. The number of methoxy groups -OCH3 is 1. The summed E-state index contributed by atoms with van der Waals surface area (Å²) in [6, 6.07) is 0. The fourth-order valence-corrected chi connectivity index (χ4v) is 8.26. The highest BCUT2D eigenvalue weighted by molar-refractivity contribution is 5.92. The zero-order valence-corrected chi connectivity index (χ0v) is 19.6. The predicted molar refractivity (Wildman–Crippen MR) is 115 cm³/mol. The van der Waals surface area contributed by atoms with Crippen molar-refractivity contribution in [3.8, 4) is 0 Å². The second kappa shape index (κ2) is 8.03. The maximum Gasteiger partial charge on any atom is 0.333 e. The molecule has 0 amide bonds. The second-order valence-electron chi connectivity index (χ2n) is 11.0. The van der Waals surface area contributed by atoms with Crippen LogP contribution in [0, 0.1) is 34.5 Å². The third-order valence-electron chi connectivity index (χ3n) is 9.48. The summed E-state index contributed by atoms with van der Waals surface area (Å²) < 4.78 is 10.7. The number of allylic oxidation sites excluding steroid dienone is 1. The average molecular weight is 449 g/mol. The Kier molecular flexibility index (Phi) is 5.92. The van der Waals surface area contributed by atoms with E-state index in [1.165, 1.54) is 7.11 Å². The molecule has 3 saturated carbocycles. The van der Waals surface area contributed by atoms with Gasteiger partial charge in [0, 0.05) is 18.9 Å². The molecule has 4 aliphatic carbocycles. The monoisotopic (exact) mass is 448 g/mol. The molecule has 7 nitrogen and oxygen atoms in total. The molecule has 0 saturated heterocycles. The zero-order valence-electron chi connectivity index (χ0n) is 19.6. The molecule has 0 bridgehead atoms. The first-order valence-electron chi connectivity index (χ1n) is 11.8. The van der Waals surface area contributed by atoms with Crippen molar-refractivity contribution in [1.82, 2.24) is 0 Å². The lowest BCUT2D eigenvalue weighted by Gasteiger charge is -2.62. The summed E-state index contributed by atoms with van der Waals surface area (Å²) in [6.45, 7) is 5.30. The van der Waals surface area contributed by atoms with Gasteiger partial charge in [0.25, 0.3) is 0 Å². The minimum Gasteiger partial charge on any atom is -0.449 e. The molecule has 0 unspecified atom stereocenters. The van der Waals surface area contributed by atoms with E-state index in [0.29, 0.717) is 25.7 Å². The fraction of sp³-hybridized carbons (Fsp3) is 0.800. The van der Waals surface area contributed by atoms with E-state index >= 15 is 0 Å². The maximum absolute atomic E-state index is 13.1. The number of hydrogen-bond acceptors (Lipinski definition) is 7. The molecule has 0 aliphatic heterocycles. The minimum atomic E-state index is -1.46. The van der Waals surface area contributed by atoms with Crippen molar-refractivity contribution in [1.29, 1.82) is 0 Å². The second-order valence-corrected chi connectivity index (χ2v) is 11.0. The molecule has 178 valence electrons. The van der Waals surface area contributed by atoms with Crippen LogP contribution in [0.3, 0.4) is 0 Å². The van der Waals surface area contributed by atoms with Crippen molar-refractivity contribution in [2.24, 2.45) is 34.5 Å². The molecule has 7 heteroatoms. The summed E-state index contributed by atoms with van der Waals surface area (Å²) in [6.07, 6.45) is 4.51. The van der Waals surface area contributed by atoms with Crippen molar-refractivity contribution in [3.63, 3.8) is 0 Å². The van der Waals surface area contributed by atoms with Crippen LogP contribution < -0.4 is 0 Å². The molecule has 0 heterocycles. The van der Waals surface area contributed by atoms with E-state index < -0.39 is 35.5 Å². The number of hydrogen-bond donors (Lipinski definition) is 2. The molecule has 0 radical (unpaired) electrons. The van der Waals surface area contributed by atoms with E-state index in [1.807, 2.05) is 13.0 Å². The van der Waals surface area contributed by atoms with Gasteiger partial charge in [0.1, 0.15) is 13.2 Å². The number of ketones is 2. The van der Waals surface area contributed by atoms with Gasteiger partial charge in [-0.25, -0.2) is 4.79 Å². The molecule has 0 aromatic heterocycles. The van der Waals surface area contributed by atoms with Crippen LogP contribution in [0.15, 0.2) is 11.6 Å². The molecule has 0 aromatic carbocycles. The van der Waals surface area contributed by atoms with Crippen molar-refractivity contribution >= 4 is 17.5 Å². The van der Waals surface area contributed by atoms with Crippen LogP contribution >= 0.6 is 0 Å². The van der Waals surface area contributed by atoms with Crippen LogP contribution in [0.1, 0.15) is 59.3 Å². The summed E-state index contributed by atoms with van der Waals surface area (Å²) in [5.41, 5.74) is -1.34. The molecular formula is C25H36O7. The van der Waals surface area contributed by atoms with Gasteiger partial charge in [-0.3, -0.25) is 9.59 Å². The number of rotatable bonds is 5. The van der Waals surface area contributed by atoms with Gasteiger partial charge < -0.3 is 19.7 Å². The largest absolute Gasteiger partial charge is 0.449 e. The lowest BCUT2D eigenvalue weighted by molar-refractivity contribution is -0.205. The molecule has 4 rings (SSSR count). The van der Waals surface area contributed by atoms with E-state index in [4.69, 9.17) is 9.47 Å². The lowest BCUT2D eigenvalue weighted by Crippen LogP contribution is -2.64. The topological polar surface area (TPSA) is 110 Å². The number of esters is 1. The first kappa shape index (κ1) is 23.6. The first-order chi connectivity index (χ1) is 15.0. The van der Waals surface area contributed by atoms with Crippen LogP contribution in [-0.4, -0.2) is 59.8 Å². The Morgan fingerprint density at radius 1 is 1.25 bits per heavy atom. The van der Waals surface area contributed by atoms with Crippen LogP contribution in [0.4, 0.5) is 0 Å². The summed E-state index contributed by atoms with van der Waals surface area (Å²) >= 11 is 0. The molecule has 32 heavy (non-hydrogen) atoms. The molecule has 8 atom stereocenters. The number of aliphatic hydroxyl groups is 2. The zero-order chi connectivity index (χ0) is 23.5. The number of fused-ring (bicyclic) bond motifs is 5. The summed E-state index contributed by atoms with van der Waals surface area (Å²) in [4.78, 5) is 37.7. The highest BCUT2D eigenvalue weighted by Crippen LogP contribution is 2.69. The number of carbonyl (C=O) groups excluding carboxylic acids is 3. The fourth-order valence-electron chi connectivity index (χ4n) is 8.26. The predicted octanol–water partition coefficient (Wildman–Crippen LogP) is 2.22. The Hall–Kier alpha value is -1.57. The van der Waals surface area contributed by atoms with E-state index in [9.17, 15) is 24.6 Å². The summed E-state index contributed by atoms with van der Waals surface area (Å²) in [7, 11) is 1.39. The van der Waals surface area contributed by atoms with Crippen LogP contribution in [0.2, 0.25) is 0 Å². The van der Waals surface area contributed by atoms with E-state index in [1.54, 1.807) is 0 Å². The Labute approximate surface area is 189 Å². The molecule has 0 spiro atoms. The first-order valence-corrected chi connectivity index (χ1v) is 11.8. The normalized spacial score (nSPS) is 45.4. The lowest BCUT2D eigenvalue weighted by atomic mass is 9.44. The van der Waals surface area contributed by atoms with Gasteiger partial charge in [0.2, 0.25) is 5.78 Å². The number of Topliss-reactive ketones (excluding diaryl/α,β-unsaturated/α-hetero) is 1. The molecule has 2 N–H and O–H groups in total. The van der Waals surface area contributed by atoms with E-state index in [-0.39, 0.29) is 41.5 Å². The maximum atomic E-state index is 13.1. The Bertz CT molecular complexity index is 849. The number of ether oxygens (including phenoxy) is 2. The Balaban J connectivity index is 1.76. The third-order valence-corrected chi connectivity index (χ3v) is 9.48. The van der Waals surface area contributed by atoms with Gasteiger partial charge in [-0.1, -0.05) is 26.3 Å².